The molecule has 1 saturated heterocycles. The van der Waals surface area contributed by atoms with Crippen molar-refractivity contribution in [3.8, 4) is 11.5 Å². The van der Waals surface area contributed by atoms with Crippen LogP contribution in [0.1, 0.15) is 44.0 Å². The van der Waals surface area contributed by atoms with Crippen LogP contribution in [0.4, 0.5) is 0 Å². The number of hydrogen-bond acceptors (Lipinski definition) is 5. The predicted octanol–water partition coefficient (Wildman–Crippen LogP) is 1.54. The molecule has 0 spiro atoms. The summed E-state index contributed by atoms with van der Waals surface area (Å²) in [7, 11) is 0. The van der Waals surface area contributed by atoms with Gasteiger partial charge in [-0.25, -0.2) is 0 Å². The van der Waals surface area contributed by atoms with Crippen molar-refractivity contribution in [1.82, 2.24) is 15.5 Å². The molecule has 0 aromatic heterocycles. The van der Waals surface area contributed by atoms with Gasteiger partial charge in [0.1, 0.15) is 6.04 Å². The Morgan fingerprint density at radius 1 is 1.14 bits per heavy atom. The van der Waals surface area contributed by atoms with Gasteiger partial charge in [-0.1, -0.05) is 13.8 Å². The van der Waals surface area contributed by atoms with Crippen molar-refractivity contribution < 1.29 is 23.9 Å². The molecule has 29 heavy (non-hydrogen) atoms. The number of nitrogens with one attached hydrogen (secondary N) is 2. The molecule has 0 radical (unpaired) electrons. The molecule has 1 aromatic carbocycles. The highest BCUT2D eigenvalue weighted by molar-refractivity contribution is 5.98. The second-order valence-electron chi connectivity index (χ2n) is 8.00. The number of hydrogen-bond donors (Lipinski definition) is 2. The molecular formula is C21H29N3O5. The highest BCUT2D eigenvalue weighted by Gasteiger charge is 2.33. The minimum atomic E-state index is -0.652. The molecule has 0 bridgehead atoms. The minimum absolute atomic E-state index is 0.0317. The third-order valence-corrected chi connectivity index (χ3v) is 5.34. The molecule has 2 N–H and O–H groups in total. The number of carbonyl (C=O) groups excluding carboxylic acids is 3. The maximum atomic E-state index is 12.9. The van der Waals surface area contributed by atoms with Gasteiger partial charge in [-0.15, -0.1) is 0 Å². The van der Waals surface area contributed by atoms with Gasteiger partial charge in [0.15, 0.2) is 11.5 Å². The molecule has 3 rings (SSSR count). The fraction of sp³-hybridized carbons (Fsp3) is 0.571. The van der Waals surface area contributed by atoms with E-state index in [0.29, 0.717) is 55.5 Å². The summed E-state index contributed by atoms with van der Waals surface area (Å²) in [5.41, 5.74) is 0.414. The zero-order valence-electron chi connectivity index (χ0n) is 17.2. The van der Waals surface area contributed by atoms with Crippen LogP contribution >= 0.6 is 0 Å². The van der Waals surface area contributed by atoms with Crippen molar-refractivity contribution in [3.05, 3.63) is 23.8 Å². The summed E-state index contributed by atoms with van der Waals surface area (Å²) in [5, 5.41) is 5.84. The van der Waals surface area contributed by atoms with Crippen molar-refractivity contribution in [2.75, 3.05) is 26.4 Å². The van der Waals surface area contributed by atoms with Crippen molar-refractivity contribution in [3.63, 3.8) is 0 Å². The molecule has 2 aliphatic rings. The first kappa shape index (κ1) is 21.0. The average molecular weight is 403 g/mol. The zero-order valence-corrected chi connectivity index (χ0v) is 17.2. The first-order chi connectivity index (χ1) is 13.8. The Morgan fingerprint density at radius 2 is 1.83 bits per heavy atom. The Labute approximate surface area is 170 Å². The fourth-order valence-electron chi connectivity index (χ4n) is 3.62. The van der Waals surface area contributed by atoms with Crippen LogP contribution in [0.25, 0.3) is 0 Å². The van der Waals surface area contributed by atoms with Gasteiger partial charge in [-0.3, -0.25) is 14.4 Å². The quantitative estimate of drug-likeness (QED) is 0.751. The Hall–Kier alpha value is -2.77. The van der Waals surface area contributed by atoms with Crippen LogP contribution in [0.5, 0.6) is 11.5 Å². The van der Waals surface area contributed by atoms with Crippen molar-refractivity contribution >= 4 is 17.7 Å². The van der Waals surface area contributed by atoms with E-state index in [9.17, 15) is 14.4 Å². The Balaban J connectivity index is 1.71. The molecule has 158 valence electrons. The van der Waals surface area contributed by atoms with Gasteiger partial charge >= 0.3 is 0 Å². The van der Waals surface area contributed by atoms with E-state index in [0.717, 1.165) is 0 Å². The summed E-state index contributed by atoms with van der Waals surface area (Å²) in [6, 6.07) is 4.32. The monoisotopic (exact) mass is 403 g/mol. The van der Waals surface area contributed by atoms with E-state index in [1.165, 1.54) is 0 Å². The van der Waals surface area contributed by atoms with Gasteiger partial charge in [0.25, 0.3) is 5.91 Å². The molecule has 2 aliphatic heterocycles. The lowest BCUT2D eigenvalue weighted by Crippen LogP contribution is -2.54. The van der Waals surface area contributed by atoms with Gasteiger partial charge in [-0.05, 0) is 42.9 Å². The van der Waals surface area contributed by atoms with Crippen LogP contribution in [0.2, 0.25) is 0 Å². The molecule has 0 aliphatic carbocycles. The normalized spacial score (nSPS) is 17.2. The number of rotatable bonds is 6. The van der Waals surface area contributed by atoms with Crippen LogP contribution < -0.4 is 20.1 Å². The smallest absolute Gasteiger partial charge is 0.252 e. The topological polar surface area (TPSA) is 97.0 Å². The molecule has 1 fully saturated rings. The van der Waals surface area contributed by atoms with E-state index in [1.54, 1.807) is 30.0 Å². The van der Waals surface area contributed by atoms with Crippen LogP contribution in [-0.2, 0) is 9.59 Å². The molecule has 3 amide bonds. The number of fused-ring (bicyclic) bond motifs is 1. The molecule has 1 atom stereocenters. The van der Waals surface area contributed by atoms with E-state index in [4.69, 9.17) is 9.47 Å². The van der Waals surface area contributed by atoms with Crippen molar-refractivity contribution in [2.24, 2.45) is 11.8 Å². The number of likely N-dealkylation sites (tertiary alicyclic amines) is 1. The van der Waals surface area contributed by atoms with E-state index in [1.807, 2.05) is 13.8 Å². The van der Waals surface area contributed by atoms with Gasteiger partial charge in [0.05, 0.1) is 0 Å². The molecule has 1 aromatic rings. The minimum Gasteiger partial charge on any atom is -0.454 e. The standard InChI is InChI=1S/C21H29N3O5/c1-13(2)11-22-21(27)19(15-6-8-24(9-7-15)14(3)25)23-20(26)16-4-5-17-18(10-16)29-12-28-17/h4-5,10,13,15,19H,6-9,11-12H2,1-3H3,(H,22,27)(H,23,26). The largest absolute Gasteiger partial charge is 0.454 e. The maximum absolute atomic E-state index is 12.9. The summed E-state index contributed by atoms with van der Waals surface area (Å²) in [4.78, 5) is 39.1. The molecule has 2 heterocycles. The highest BCUT2D eigenvalue weighted by atomic mass is 16.7. The fourth-order valence-corrected chi connectivity index (χ4v) is 3.62. The lowest BCUT2D eigenvalue weighted by molar-refractivity contribution is -0.130. The number of benzene rings is 1. The van der Waals surface area contributed by atoms with E-state index >= 15 is 0 Å². The molecular weight excluding hydrogens is 374 g/mol. The second-order valence-corrected chi connectivity index (χ2v) is 8.00. The van der Waals surface area contributed by atoms with Gasteiger partial charge in [0, 0.05) is 32.1 Å². The summed E-state index contributed by atoms with van der Waals surface area (Å²) in [6.07, 6.45) is 1.33. The number of amides is 3. The van der Waals surface area contributed by atoms with Crippen molar-refractivity contribution in [1.29, 1.82) is 0 Å². The van der Waals surface area contributed by atoms with Crippen LogP contribution in [-0.4, -0.2) is 55.1 Å². The lowest BCUT2D eigenvalue weighted by atomic mass is 9.88. The Kier molecular flexibility index (Phi) is 6.61. The number of ether oxygens (including phenoxy) is 2. The van der Waals surface area contributed by atoms with E-state index in [2.05, 4.69) is 10.6 Å². The first-order valence-electron chi connectivity index (χ1n) is 10.1. The summed E-state index contributed by atoms with van der Waals surface area (Å²) < 4.78 is 10.6. The molecule has 8 nitrogen and oxygen atoms in total. The number of piperidine rings is 1. The van der Waals surface area contributed by atoms with E-state index < -0.39 is 6.04 Å². The zero-order chi connectivity index (χ0) is 21.0. The van der Waals surface area contributed by atoms with Gasteiger partial charge in [-0.2, -0.15) is 0 Å². The van der Waals surface area contributed by atoms with Gasteiger partial charge in [0.2, 0.25) is 18.6 Å². The highest BCUT2D eigenvalue weighted by Crippen LogP contribution is 2.32. The summed E-state index contributed by atoms with van der Waals surface area (Å²) >= 11 is 0. The number of carbonyl (C=O) groups is 3. The lowest BCUT2D eigenvalue weighted by Gasteiger charge is -2.35. The maximum Gasteiger partial charge on any atom is 0.252 e. The molecule has 8 heteroatoms. The van der Waals surface area contributed by atoms with E-state index in [-0.39, 0.29) is 30.4 Å². The summed E-state index contributed by atoms with van der Waals surface area (Å²) in [6.45, 7) is 7.45. The average Bonchev–Trinajstić information content (AvgIpc) is 3.18. The summed E-state index contributed by atoms with van der Waals surface area (Å²) in [5.74, 6) is 0.918. The molecule has 0 saturated carbocycles. The number of nitrogens with zero attached hydrogens (tertiary/aromatic N) is 1. The van der Waals surface area contributed by atoms with Gasteiger partial charge < -0.3 is 25.0 Å². The van der Waals surface area contributed by atoms with Crippen molar-refractivity contribution in [2.45, 2.75) is 39.7 Å². The third kappa shape index (κ3) is 5.19. The van der Waals surface area contributed by atoms with Crippen LogP contribution in [0.3, 0.4) is 0 Å². The third-order valence-electron chi connectivity index (χ3n) is 5.34. The predicted molar refractivity (Wildman–Crippen MR) is 107 cm³/mol. The molecule has 1 unspecified atom stereocenters. The van der Waals surface area contributed by atoms with Crippen LogP contribution in [0.15, 0.2) is 18.2 Å². The van der Waals surface area contributed by atoms with Crippen LogP contribution in [0, 0.1) is 11.8 Å². The Morgan fingerprint density at radius 3 is 2.48 bits per heavy atom. The first-order valence-corrected chi connectivity index (χ1v) is 10.1. The Bertz CT molecular complexity index is 772. The SMILES string of the molecule is CC(=O)N1CCC(C(NC(=O)c2ccc3c(c2)OCO3)C(=O)NCC(C)C)CC1. The second kappa shape index (κ2) is 9.15.